The van der Waals surface area contributed by atoms with E-state index in [9.17, 15) is 9.59 Å². The second-order valence-corrected chi connectivity index (χ2v) is 10.3. The summed E-state index contributed by atoms with van der Waals surface area (Å²) in [5, 5.41) is 2.74. The largest absolute Gasteiger partial charge is 0.465 e. The third-order valence-corrected chi connectivity index (χ3v) is 7.81. The number of carbonyl (C=O) groups excluding carboxylic acids is 2. The monoisotopic (exact) mass is 475 g/mol. The number of ether oxygens (including phenoxy) is 3. The van der Waals surface area contributed by atoms with Crippen molar-refractivity contribution in [2.24, 2.45) is 17.8 Å². The topological polar surface area (TPSA) is 73.9 Å². The summed E-state index contributed by atoms with van der Waals surface area (Å²) >= 11 is 0. The second kappa shape index (κ2) is 10.2. The molecule has 6 rings (SSSR count). The van der Waals surface area contributed by atoms with Crippen LogP contribution in [0.2, 0.25) is 0 Å². The Morgan fingerprint density at radius 3 is 2.31 bits per heavy atom. The molecule has 0 unspecified atom stereocenters. The third kappa shape index (κ3) is 5.43. The molecule has 4 aliphatic rings. The summed E-state index contributed by atoms with van der Waals surface area (Å²) < 4.78 is 15.7. The highest BCUT2D eigenvalue weighted by atomic mass is 16.6. The Bertz CT molecular complexity index is 1060. The number of hydrogen-bond donors (Lipinski definition) is 1. The number of carbonyl (C=O) groups is 2. The van der Waals surface area contributed by atoms with Crippen LogP contribution in [0.15, 0.2) is 60.9 Å². The summed E-state index contributed by atoms with van der Waals surface area (Å²) in [4.78, 5) is 24.4. The molecule has 0 heterocycles. The van der Waals surface area contributed by atoms with Crippen LogP contribution in [-0.4, -0.2) is 32.2 Å². The van der Waals surface area contributed by atoms with E-state index in [-0.39, 0.29) is 12.5 Å². The van der Waals surface area contributed by atoms with Crippen LogP contribution in [0.4, 0.5) is 5.69 Å². The van der Waals surface area contributed by atoms with Crippen LogP contribution in [0.3, 0.4) is 0 Å². The van der Waals surface area contributed by atoms with Crippen molar-refractivity contribution < 1.29 is 23.8 Å². The van der Waals surface area contributed by atoms with Crippen molar-refractivity contribution >= 4 is 17.6 Å². The first kappa shape index (κ1) is 23.6. The molecule has 2 aromatic rings. The molecule has 6 nitrogen and oxygen atoms in total. The minimum absolute atomic E-state index is 0.176. The fraction of sp³-hybridized carbons (Fsp3) is 0.448. The van der Waals surface area contributed by atoms with E-state index in [1.165, 1.54) is 56.4 Å². The molecule has 4 bridgehead atoms. The maximum Gasteiger partial charge on any atom is 0.338 e. The molecule has 0 aromatic heterocycles. The second-order valence-electron chi connectivity index (χ2n) is 10.3. The molecule has 4 aliphatic carbocycles. The standard InChI is InChI=1S/C29H33NO5/c1-33-11-12-35-28(32)23-3-2-4-25(16-23)30-27(31)9-10-34-26-7-5-24(6-8-26)29-17-20-13-21(18-29)15-22(14-20)19-29/h2-10,16,20-22H,11-15,17-19H2,1H3,(H,30,31)/b10-9+. The molecule has 184 valence electrons. The van der Waals surface area contributed by atoms with Gasteiger partial charge in [-0.2, -0.15) is 0 Å². The minimum Gasteiger partial charge on any atom is -0.465 e. The van der Waals surface area contributed by atoms with Crippen molar-refractivity contribution in [3.8, 4) is 5.75 Å². The average Bonchev–Trinajstić information content (AvgIpc) is 2.84. The Morgan fingerprint density at radius 2 is 1.66 bits per heavy atom. The number of esters is 1. The molecule has 1 amide bonds. The molecular weight excluding hydrogens is 442 g/mol. The van der Waals surface area contributed by atoms with Crippen LogP contribution in [0.1, 0.15) is 54.4 Å². The normalized spacial score (nSPS) is 26.6. The van der Waals surface area contributed by atoms with Gasteiger partial charge in [0.1, 0.15) is 12.4 Å². The third-order valence-electron chi connectivity index (χ3n) is 7.81. The Morgan fingerprint density at radius 1 is 0.971 bits per heavy atom. The summed E-state index contributed by atoms with van der Waals surface area (Å²) in [6, 6.07) is 15.1. The van der Waals surface area contributed by atoms with Gasteiger partial charge in [0.15, 0.2) is 0 Å². The van der Waals surface area contributed by atoms with Crippen LogP contribution in [0, 0.1) is 17.8 Å². The maximum absolute atomic E-state index is 12.3. The summed E-state index contributed by atoms with van der Waals surface area (Å²) in [6.45, 7) is 0.507. The molecule has 0 atom stereocenters. The van der Waals surface area contributed by atoms with Gasteiger partial charge >= 0.3 is 5.97 Å². The van der Waals surface area contributed by atoms with E-state index in [0.29, 0.717) is 29.0 Å². The number of benzene rings is 2. The zero-order valence-electron chi connectivity index (χ0n) is 20.2. The average molecular weight is 476 g/mol. The number of amides is 1. The molecule has 35 heavy (non-hydrogen) atoms. The van der Waals surface area contributed by atoms with Crippen LogP contribution in [-0.2, 0) is 19.7 Å². The molecular formula is C29H33NO5. The van der Waals surface area contributed by atoms with Gasteiger partial charge < -0.3 is 19.5 Å². The fourth-order valence-corrected chi connectivity index (χ4v) is 6.73. The molecule has 0 radical (unpaired) electrons. The highest BCUT2D eigenvalue weighted by Gasteiger charge is 2.51. The van der Waals surface area contributed by atoms with Gasteiger partial charge in [0.2, 0.25) is 0 Å². The molecule has 4 fully saturated rings. The SMILES string of the molecule is COCCOC(=O)c1cccc(NC(=O)/C=C/Oc2ccc(C34CC5CC(CC(C5)C3)C4)cc2)c1. The zero-order chi connectivity index (χ0) is 24.3. The van der Waals surface area contributed by atoms with Crippen molar-refractivity contribution in [1.82, 2.24) is 0 Å². The Balaban J connectivity index is 1.14. The maximum atomic E-state index is 12.3. The predicted octanol–water partition coefficient (Wildman–Crippen LogP) is 5.49. The van der Waals surface area contributed by atoms with Gasteiger partial charge in [0.05, 0.1) is 18.4 Å². The molecule has 1 N–H and O–H groups in total. The van der Waals surface area contributed by atoms with E-state index >= 15 is 0 Å². The molecule has 6 heteroatoms. The lowest BCUT2D eigenvalue weighted by Crippen LogP contribution is -2.48. The van der Waals surface area contributed by atoms with E-state index in [2.05, 4.69) is 17.4 Å². The van der Waals surface area contributed by atoms with Gasteiger partial charge in [-0.3, -0.25) is 4.79 Å². The predicted molar refractivity (Wildman–Crippen MR) is 133 cm³/mol. The van der Waals surface area contributed by atoms with Crippen molar-refractivity contribution in [2.75, 3.05) is 25.6 Å². The number of methoxy groups -OCH3 is 1. The quantitative estimate of drug-likeness (QED) is 0.225. The zero-order valence-corrected chi connectivity index (χ0v) is 20.2. The molecule has 4 saturated carbocycles. The van der Waals surface area contributed by atoms with Crippen LogP contribution >= 0.6 is 0 Å². The van der Waals surface area contributed by atoms with Crippen LogP contribution in [0.25, 0.3) is 0 Å². The van der Waals surface area contributed by atoms with Gasteiger partial charge in [0, 0.05) is 18.9 Å². The molecule has 2 aromatic carbocycles. The van der Waals surface area contributed by atoms with Crippen molar-refractivity contribution in [3.05, 3.63) is 72.0 Å². The van der Waals surface area contributed by atoms with E-state index in [1.54, 1.807) is 31.4 Å². The Labute approximate surface area is 206 Å². The van der Waals surface area contributed by atoms with Gasteiger partial charge in [0.25, 0.3) is 5.91 Å². The molecule has 0 spiro atoms. The van der Waals surface area contributed by atoms with Crippen LogP contribution in [0.5, 0.6) is 5.75 Å². The highest BCUT2D eigenvalue weighted by molar-refractivity contribution is 6.00. The first-order valence-corrected chi connectivity index (χ1v) is 12.5. The van der Waals surface area contributed by atoms with Crippen molar-refractivity contribution in [2.45, 2.75) is 43.9 Å². The van der Waals surface area contributed by atoms with Gasteiger partial charge in [-0.1, -0.05) is 18.2 Å². The molecule has 0 saturated heterocycles. The van der Waals surface area contributed by atoms with Gasteiger partial charge in [-0.25, -0.2) is 4.79 Å². The van der Waals surface area contributed by atoms with Crippen molar-refractivity contribution in [1.29, 1.82) is 0 Å². The van der Waals surface area contributed by atoms with E-state index in [1.807, 2.05) is 12.1 Å². The van der Waals surface area contributed by atoms with Gasteiger partial charge in [-0.05, 0) is 97.6 Å². The summed E-state index contributed by atoms with van der Waals surface area (Å²) in [6.07, 6.45) is 11.1. The summed E-state index contributed by atoms with van der Waals surface area (Å²) in [7, 11) is 1.54. The van der Waals surface area contributed by atoms with Crippen molar-refractivity contribution in [3.63, 3.8) is 0 Å². The van der Waals surface area contributed by atoms with E-state index in [0.717, 1.165) is 17.8 Å². The summed E-state index contributed by atoms with van der Waals surface area (Å²) in [5.41, 5.74) is 2.68. The first-order chi connectivity index (χ1) is 17.0. The lowest BCUT2D eigenvalue weighted by molar-refractivity contribution is -0.112. The van der Waals surface area contributed by atoms with E-state index < -0.39 is 5.97 Å². The highest BCUT2D eigenvalue weighted by Crippen LogP contribution is 2.60. The number of nitrogens with one attached hydrogen (secondary N) is 1. The van der Waals surface area contributed by atoms with E-state index in [4.69, 9.17) is 14.2 Å². The Kier molecular flexibility index (Phi) is 6.91. The lowest BCUT2D eigenvalue weighted by atomic mass is 9.48. The first-order valence-electron chi connectivity index (χ1n) is 12.5. The smallest absolute Gasteiger partial charge is 0.338 e. The molecule has 0 aliphatic heterocycles. The number of hydrogen-bond acceptors (Lipinski definition) is 5. The Hall–Kier alpha value is -3.12. The number of rotatable bonds is 9. The fourth-order valence-electron chi connectivity index (χ4n) is 6.73. The van der Waals surface area contributed by atoms with Gasteiger partial charge in [-0.15, -0.1) is 0 Å². The lowest BCUT2D eigenvalue weighted by Gasteiger charge is -2.57. The minimum atomic E-state index is -0.464. The summed E-state index contributed by atoms with van der Waals surface area (Å²) in [5.74, 6) is 2.65. The number of anilines is 1. The van der Waals surface area contributed by atoms with Crippen LogP contribution < -0.4 is 10.1 Å².